The third-order valence-corrected chi connectivity index (χ3v) is 4.94. The number of aromatic nitrogens is 5. The zero-order valence-electron chi connectivity index (χ0n) is 15.9. The summed E-state index contributed by atoms with van der Waals surface area (Å²) in [5, 5.41) is 9.13. The summed E-state index contributed by atoms with van der Waals surface area (Å²) < 4.78 is 5.44. The van der Waals surface area contributed by atoms with E-state index >= 15 is 0 Å². The SMILES string of the molecule is C=C(C)n1c(=O)n(Cc2nc3ccccc3n2CCCCO)c2cnccc21. The molecule has 3 heterocycles. The zero-order valence-corrected chi connectivity index (χ0v) is 15.9. The highest BCUT2D eigenvalue weighted by Crippen LogP contribution is 2.20. The number of allylic oxidation sites excluding steroid dienone is 1. The molecule has 0 saturated heterocycles. The summed E-state index contributed by atoms with van der Waals surface area (Å²) in [6, 6.07) is 9.78. The standard InChI is InChI=1S/C21H23N5O2/c1-15(2)26-18-9-10-22-13-19(18)25(21(26)28)14-20-23-16-7-3-4-8-17(16)24(20)11-5-6-12-27/h3-4,7-10,13,27H,1,5-6,11-12,14H2,2H3. The van der Waals surface area contributed by atoms with Crippen molar-refractivity contribution in [2.75, 3.05) is 6.61 Å². The van der Waals surface area contributed by atoms with Crippen LogP contribution in [0.4, 0.5) is 0 Å². The van der Waals surface area contributed by atoms with Gasteiger partial charge in [-0.05, 0) is 38.0 Å². The second-order valence-corrected chi connectivity index (χ2v) is 6.90. The van der Waals surface area contributed by atoms with Crippen molar-refractivity contribution >= 4 is 27.8 Å². The normalized spacial score (nSPS) is 11.5. The van der Waals surface area contributed by atoms with Gasteiger partial charge in [-0.2, -0.15) is 0 Å². The smallest absolute Gasteiger partial charge is 0.333 e. The third-order valence-electron chi connectivity index (χ3n) is 4.94. The number of para-hydroxylation sites is 2. The number of fused-ring (bicyclic) bond motifs is 2. The van der Waals surface area contributed by atoms with Crippen molar-refractivity contribution in [3.63, 3.8) is 0 Å². The largest absolute Gasteiger partial charge is 0.396 e. The molecule has 0 atom stereocenters. The molecule has 0 amide bonds. The highest BCUT2D eigenvalue weighted by molar-refractivity contribution is 5.79. The van der Waals surface area contributed by atoms with Crippen LogP contribution in [0.25, 0.3) is 27.8 Å². The molecule has 0 aliphatic heterocycles. The Kier molecular flexibility index (Phi) is 4.83. The van der Waals surface area contributed by atoms with E-state index in [1.807, 2.05) is 37.3 Å². The molecule has 0 aliphatic rings. The van der Waals surface area contributed by atoms with Gasteiger partial charge in [-0.25, -0.2) is 9.78 Å². The molecule has 144 valence electrons. The van der Waals surface area contributed by atoms with Crippen LogP contribution in [-0.4, -0.2) is 35.4 Å². The maximum atomic E-state index is 13.1. The molecule has 0 radical (unpaired) electrons. The van der Waals surface area contributed by atoms with E-state index in [9.17, 15) is 4.79 Å². The van der Waals surface area contributed by atoms with Gasteiger partial charge in [0, 0.05) is 25.0 Å². The van der Waals surface area contributed by atoms with Gasteiger partial charge in [-0.15, -0.1) is 0 Å². The van der Waals surface area contributed by atoms with Gasteiger partial charge in [0.05, 0.1) is 34.8 Å². The fourth-order valence-electron chi connectivity index (χ4n) is 3.64. The number of rotatable bonds is 7. The van der Waals surface area contributed by atoms with Crippen LogP contribution in [0.3, 0.4) is 0 Å². The lowest BCUT2D eigenvalue weighted by molar-refractivity contribution is 0.281. The van der Waals surface area contributed by atoms with E-state index in [4.69, 9.17) is 10.1 Å². The number of benzene rings is 1. The Labute approximate surface area is 162 Å². The molecular weight excluding hydrogens is 354 g/mol. The van der Waals surface area contributed by atoms with Gasteiger partial charge in [0.1, 0.15) is 5.82 Å². The van der Waals surface area contributed by atoms with Gasteiger partial charge in [0.15, 0.2) is 0 Å². The van der Waals surface area contributed by atoms with Crippen molar-refractivity contribution in [1.82, 2.24) is 23.7 Å². The highest BCUT2D eigenvalue weighted by Gasteiger charge is 2.17. The number of hydrogen-bond donors (Lipinski definition) is 1. The minimum Gasteiger partial charge on any atom is -0.396 e. The molecule has 4 aromatic rings. The van der Waals surface area contributed by atoms with Crippen LogP contribution < -0.4 is 5.69 Å². The Balaban J connectivity index is 1.85. The van der Waals surface area contributed by atoms with Crippen LogP contribution in [0.15, 0.2) is 54.1 Å². The van der Waals surface area contributed by atoms with Crippen LogP contribution in [0.1, 0.15) is 25.6 Å². The van der Waals surface area contributed by atoms with Gasteiger partial charge < -0.3 is 9.67 Å². The zero-order chi connectivity index (χ0) is 19.7. The summed E-state index contributed by atoms with van der Waals surface area (Å²) in [6.45, 7) is 7.01. The first kappa shape index (κ1) is 18.2. The van der Waals surface area contributed by atoms with E-state index in [-0.39, 0.29) is 12.3 Å². The number of aryl methyl sites for hydroxylation is 1. The monoisotopic (exact) mass is 377 g/mol. The Morgan fingerprint density at radius 3 is 2.71 bits per heavy atom. The predicted molar refractivity (Wildman–Crippen MR) is 110 cm³/mol. The first-order chi connectivity index (χ1) is 13.6. The first-order valence-corrected chi connectivity index (χ1v) is 9.38. The fraction of sp³-hybridized carbons (Fsp3) is 0.286. The predicted octanol–water partition coefficient (Wildman–Crippen LogP) is 2.86. The third kappa shape index (κ3) is 3.03. The van der Waals surface area contributed by atoms with Gasteiger partial charge in [-0.3, -0.25) is 14.1 Å². The number of nitrogens with zero attached hydrogens (tertiary/aromatic N) is 5. The van der Waals surface area contributed by atoms with Crippen molar-refractivity contribution in [3.05, 3.63) is 65.6 Å². The minimum atomic E-state index is -0.149. The summed E-state index contributed by atoms with van der Waals surface area (Å²) >= 11 is 0. The molecular formula is C21H23N5O2. The molecule has 0 fully saturated rings. The summed E-state index contributed by atoms with van der Waals surface area (Å²) in [6.07, 6.45) is 4.95. The van der Waals surface area contributed by atoms with E-state index in [0.29, 0.717) is 12.2 Å². The fourth-order valence-corrected chi connectivity index (χ4v) is 3.64. The van der Waals surface area contributed by atoms with Gasteiger partial charge >= 0.3 is 5.69 Å². The molecule has 0 aliphatic carbocycles. The second-order valence-electron chi connectivity index (χ2n) is 6.90. The Morgan fingerprint density at radius 2 is 1.93 bits per heavy atom. The van der Waals surface area contributed by atoms with Crippen LogP contribution in [0, 0.1) is 0 Å². The molecule has 28 heavy (non-hydrogen) atoms. The maximum Gasteiger partial charge on any atom is 0.333 e. The molecule has 7 nitrogen and oxygen atoms in total. The number of imidazole rings is 2. The van der Waals surface area contributed by atoms with E-state index in [1.165, 1.54) is 0 Å². The van der Waals surface area contributed by atoms with Crippen molar-refractivity contribution < 1.29 is 5.11 Å². The Morgan fingerprint density at radius 1 is 1.11 bits per heavy atom. The molecule has 7 heteroatoms. The molecule has 0 spiro atoms. The topological polar surface area (TPSA) is 77.9 Å². The second kappa shape index (κ2) is 7.44. The highest BCUT2D eigenvalue weighted by atomic mass is 16.2. The van der Waals surface area contributed by atoms with Gasteiger partial charge in [0.2, 0.25) is 0 Å². The quantitative estimate of drug-likeness (QED) is 0.503. The van der Waals surface area contributed by atoms with Crippen molar-refractivity contribution in [2.24, 2.45) is 0 Å². The van der Waals surface area contributed by atoms with Crippen LogP contribution in [0.5, 0.6) is 0 Å². The van der Waals surface area contributed by atoms with E-state index in [1.54, 1.807) is 21.5 Å². The number of unbranched alkanes of at least 4 members (excludes halogenated alkanes) is 1. The lowest BCUT2D eigenvalue weighted by Gasteiger charge is -2.09. The molecule has 0 saturated carbocycles. The minimum absolute atomic E-state index is 0.149. The molecule has 0 unspecified atom stereocenters. The number of pyridine rings is 1. The Bertz CT molecular complexity index is 1210. The average Bonchev–Trinajstić information content (AvgIpc) is 3.18. The summed E-state index contributed by atoms with van der Waals surface area (Å²) in [5.41, 5.74) is 3.99. The van der Waals surface area contributed by atoms with Crippen LogP contribution in [0.2, 0.25) is 0 Å². The maximum absolute atomic E-state index is 13.1. The van der Waals surface area contributed by atoms with Gasteiger partial charge in [0.25, 0.3) is 0 Å². The molecule has 3 aromatic heterocycles. The van der Waals surface area contributed by atoms with Crippen LogP contribution >= 0.6 is 0 Å². The number of aliphatic hydroxyl groups is 1. The lowest BCUT2D eigenvalue weighted by Crippen LogP contribution is -2.25. The molecule has 4 rings (SSSR count). The summed E-state index contributed by atoms with van der Waals surface area (Å²) in [5.74, 6) is 0.811. The van der Waals surface area contributed by atoms with Crippen molar-refractivity contribution in [2.45, 2.75) is 32.9 Å². The molecule has 1 aromatic carbocycles. The lowest BCUT2D eigenvalue weighted by atomic mass is 10.3. The van der Waals surface area contributed by atoms with Crippen molar-refractivity contribution in [1.29, 1.82) is 0 Å². The Hall–Kier alpha value is -3.19. The first-order valence-electron chi connectivity index (χ1n) is 9.38. The number of hydrogen-bond acceptors (Lipinski definition) is 4. The van der Waals surface area contributed by atoms with E-state index < -0.39 is 0 Å². The molecule has 0 bridgehead atoms. The van der Waals surface area contributed by atoms with E-state index in [0.717, 1.165) is 47.3 Å². The van der Waals surface area contributed by atoms with Crippen LogP contribution in [-0.2, 0) is 13.1 Å². The van der Waals surface area contributed by atoms with Gasteiger partial charge in [-0.1, -0.05) is 18.7 Å². The number of aliphatic hydroxyl groups excluding tert-OH is 1. The van der Waals surface area contributed by atoms with Crippen molar-refractivity contribution in [3.8, 4) is 0 Å². The molecule has 1 N–H and O–H groups in total. The van der Waals surface area contributed by atoms with E-state index in [2.05, 4.69) is 16.1 Å². The summed E-state index contributed by atoms with van der Waals surface area (Å²) in [7, 11) is 0. The average molecular weight is 377 g/mol. The summed E-state index contributed by atoms with van der Waals surface area (Å²) in [4.78, 5) is 22.1.